The summed E-state index contributed by atoms with van der Waals surface area (Å²) in [6.07, 6.45) is 7.07. The number of hydrogen-bond acceptors (Lipinski definition) is 22. The number of primary sulfonamides is 4. The van der Waals surface area contributed by atoms with Crippen molar-refractivity contribution in [2.75, 3.05) is 45.8 Å². The van der Waals surface area contributed by atoms with E-state index < -0.39 is 40.1 Å². The number of nitriles is 1. The van der Waals surface area contributed by atoms with E-state index in [9.17, 15) is 58.1 Å². The number of benzene rings is 8. The molecule has 0 unspecified atom stereocenters. The maximum atomic E-state index is 12.7. The standard InChI is InChI=1S/C23H19ClN4O4S.C21H16Cl3N3O4S.C21H18ClN3O4S.C20H16Cl2N4O4S/c1-14-2-3-16(12-25)23(27-14)32-21-10-15(4-9-20(21)24)17-11-22(29)28(13-17)18-5-7-19(8-6-18)33(26,30)31;22-16-6-1-12(7-19(16)31-21-17(23)9-26-10-18(21)24)13-8-20(28)27(11-13)14-2-4-15(5-3-14)32(25,29)30;22-18-9-4-14(11-19(18)29-20-3-1-2-10-24-20)15-12-21(26)25(13-15)16-5-7-17(8-6-16)30(23,27)28;21-16-6-1-12(9-17(16)30-18-7-8-24-20(22)25-18)13-10-19(27)26(11-13)14-2-4-15(5-3-14)31(23,28)29/h2-10,17H,11,13H2,1H3,(H2,26,30,31);1-7,9-10,13H,8,11H2,(H2,25,29,30);1-11,15H,12-13H2,(H2,23,27,28);1-9,13H,10-11H2,(H2,23,28,29)/t17-;13-;15-;13-/m0000/s1. The zero-order valence-electron chi connectivity index (χ0n) is 65.5. The number of anilines is 4. The van der Waals surface area contributed by atoms with E-state index in [2.05, 4.69) is 24.9 Å². The van der Waals surface area contributed by atoms with Crippen LogP contribution in [0.4, 0.5) is 22.7 Å². The second-order valence-electron chi connectivity index (χ2n) is 28.6. The van der Waals surface area contributed by atoms with E-state index in [4.69, 9.17) is 121 Å². The van der Waals surface area contributed by atoms with Gasteiger partial charge in [-0.05, 0) is 205 Å². The van der Waals surface area contributed by atoms with Crippen molar-refractivity contribution in [1.29, 1.82) is 5.26 Å². The van der Waals surface area contributed by atoms with Crippen LogP contribution in [0.3, 0.4) is 0 Å². The number of rotatable bonds is 20. The maximum absolute atomic E-state index is 12.7. The average molecular weight is 1920 g/mol. The number of hydrogen-bond donors (Lipinski definition) is 4. The first-order valence-electron chi connectivity index (χ1n) is 37.5. The Hall–Kier alpha value is -11.5. The summed E-state index contributed by atoms with van der Waals surface area (Å²) in [5.74, 6) is 1.91. The molecule has 0 saturated carbocycles. The van der Waals surface area contributed by atoms with E-state index in [1.807, 2.05) is 42.5 Å². The Morgan fingerprint density at radius 3 is 1.02 bits per heavy atom. The molecule has 16 rings (SSSR count). The number of carbonyl (C=O) groups is 4. The Kier molecular flexibility index (Phi) is 28.7. The molecule has 4 fully saturated rings. The van der Waals surface area contributed by atoms with Gasteiger partial charge >= 0.3 is 0 Å². The fourth-order valence-corrected chi connectivity index (χ4v) is 17.1. The normalized spacial score (nSPS) is 16.4. The largest absolute Gasteiger partial charge is 0.453 e. The summed E-state index contributed by atoms with van der Waals surface area (Å²) < 4.78 is 115. The van der Waals surface area contributed by atoms with Crippen LogP contribution in [-0.2, 0) is 59.3 Å². The number of amides is 4. The quantitative estimate of drug-likeness (QED) is 0.0515. The molecule has 0 radical (unpaired) electrons. The van der Waals surface area contributed by atoms with Gasteiger partial charge in [-0.2, -0.15) is 10.2 Å². The molecule has 0 bridgehead atoms. The number of nitrogens with zero attached hydrogens (tertiary/aromatic N) is 10. The molecule has 0 spiro atoms. The highest BCUT2D eigenvalue weighted by Gasteiger charge is 2.37. The van der Waals surface area contributed by atoms with Gasteiger partial charge in [0.25, 0.3) is 0 Å². The third-order valence-electron chi connectivity index (χ3n) is 20.1. The van der Waals surface area contributed by atoms with Gasteiger partial charge in [0.1, 0.15) is 44.7 Å². The Balaban J connectivity index is 0.000000144. The number of nitrogens with two attached hydrogens (primary N) is 4. The molecule has 8 heterocycles. The minimum absolute atomic E-state index is 0.00320. The molecule has 8 N–H and O–H groups in total. The van der Waals surface area contributed by atoms with Crippen LogP contribution in [0.2, 0.25) is 35.4 Å². The number of aromatic nitrogens is 5. The van der Waals surface area contributed by atoms with Crippen LogP contribution in [0.1, 0.15) is 82.9 Å². The predicted molar refractivity (Wildman–Crippen MR) is 475 cm³/mol. The first kappa shape index (κ1) is 92.2. The lowest BCUT2D eigenvalue weighted by molar-refractivity contribution is -0.118. The Bertz CT molecular complexity index is 6710. The van der Waals surface area contributed by atoms with E-state index in [0.717, 1.165) is 22.3 Å². The van der Waals surface area contributed by atoms with Crippen molar-refractivity contribution < 1.29 is 71.8 Å². The number of halogens is 7. The summed E-state index contributed by atoms with van der Waals surface area (Å²) in [4.78, 5) is 77.0. The fourth-order valence-electron chi connectivity index (χ4n) is 13.8. The van der Waals surface area contributed by atoms with Gasteiger partial charge in [0.2, 0.25) is 86.6 Å². The summed E-state index contributed by atoms with van der Waals surface area (Å²) in [6, 6.07) is 57.1. The monoisotopic (exact) mass is 1910 g/mol. The highest BCUT2D eigenvalue weighted by Crippen LogP contribution is 2.45. The number of aryl methyl sites for hydroxylation is 1. The summed E-state index contributed by atoms with van der Waals surface area (Å²) in [5.41, 5.74) is 6.86. The second-order valence-corrected chi connectivity index (χ2v) is 37.7. The lowest BCUT2D eigenvalue weighted by Crippen LogP contribution is -2.24. The molecule has 4 aromatic heterocycles. The van der Waals surface area contributed by atoms with E-state index in [1.165, 1.54) is 67.1 Å². The van der Waals surface area contributed by atoms with Crippen molar-refractivity contribution in [1.82, 2.24) is 24.9 Å². The van der Waals surface area contributed by atoms with Gasteiger partial charge in [0.05, 0.1) is 39.7 Å². The Labute approximate surface area is 758 Å². The number of ether oxygens (including phenoxy) is 4. The maximum Gasteiger partial charge on any atom is 0.238 e. The summed E-state index contributed by atoms with van der Waals surface area (Å²) >= 11 is 43.2. The van der Waals surface area contributed by atoms with E-state index in [0.29, 0.717) is 110 Å². The van der Waals surface area contributed by atoms with Gasteiger partial charge in [-0.3, -0.25) is 24.2 Å². The minimum atomic E-state index is -3.81. The van der Waals surface area contributed by atoms with Gasteiger partial charge in [-0.25, -0.2) is 69.2 Å². The molecule has 41 heteroatoms. The van der Waals surface area contributed by atoms with E-state index >= 15 is 0 Å². The van der Waals surface area contributed by atoms with Gasteiger partial charge in [0, 0.05) is 141 Å². The first-order valence-corrected chi connectivity index (χ1v) is 46.3. The van der Waals surface area contributed by atoms with E-state index in [1.54, 1.807) is 154 Å². The third kappa shape index (κ3) is 22.8. The van der Waals surface area contributed by atoms with Gasteiger partial charge in [0.15, 0.2) is 5.75 Å². The number of pyridine rings is 3. The smallest absolute Gasteiger partial charge is 0.238 e. The Morgan fingerprint density at radius 2 is 0.706 bits per heavy atom. The average Bonchev–Trinajstić information content (AvgIpc) is 1.67. The predicted octanol–water partition coefficient (Wildman–Crippen LogP) is 16.3. The number of carbonyl (C=O) groups excluding carboxylic acids is 4. The van der Waals surface area contributed by atoms with Crippen molar-refractivity contribution in [3.8, 4) is 52.5 Å². The molecular formula is C85H69Cl7N14O16S4. The molecule has 8 aromatic carbocycles. The zero-order valence-corrected chi connectivity index (χ0v) is 74.1. The van der Waals surface area contributed by atoms with Crippen LogP contribution in [0.25, 0.3) is 0 Å². The molecule has 126 heavy (non-hydrogen) atoms. The van der Waals surface area contributed by atoms with Crippen LogP contribution in [0, 0.1) is 18.3 Å². The third-order valence-corrected chi connectivity index (χ3v) is 25.8. The Morgan fingerprint density at radius 1 is 0.373 bits per heavy atom. The lowest BCUT2D eigenvalue weighted by atomic mass is 9.98. The van der Waals surface area contributed by atoms with Crippen molar-refractivity contribution >= 4 is 168 Å². The highest BCUT2D eigenvalue weighted by atomic mass is 35.5. The van der Waals surface area contributed by atoms with Crippen LogP contribution in [0.15, 0.2) is 251 Å². The van der Waals surface area contributed by atoms with Crippen molar-refractivity contribution in [2.45, 2.75) is 75.9 Å². The summed E-state index contributed by atoms with van der Waals surface area (Å²) in [5, 5.41) is 31.9. The topological polar surface area (TPSA) is 447 Å². The summed E-state index contributed by atoms with van der Waals surface area (Å²) in [7, 11) is -15.2. The van der Waals surface area contributed by atoms with Crippen LogP contribution < -0.4 is 59.1 Å². The molecule has 12 aromatic rings. The SMILES string of the molecule is Cc1ccc(C#N)c(Oc2cc([C@H]3CC(=O)N(c4ccc(S(N)(=O)=O)cc4)C3)ccc2Cl)n1.NS(=O)(=O)c1ccc(N2C[C@@H](c3ccc(Cl)c(Oc4c(Cl)cncc4Cl)c3)CC2=O)cc1.NS(=O)(=O)c1ccc(N2C[C@@H](c3ccc(Cl)c(Oc4ccccn4)c3)CC2=O)cc1.NS(=O)(=O)c1ccc(N2C[C@@H](c3ccc(Cl)c(Oc4ccnc(Cl)n4)c3)CC2=O)cc1. The van der Waals surface area contributed by atoms with Gasteiger partial charge < -0.3 is 38.5 Å². The summed E-state index contributed by atoms with van der Waals surface area (Å²) in [6.45, 7) is 3.48. The fraction of sp³-hybridized carbons (Fsp3) is 0.153. The lowest BCUT2D eigenvalue weighted by Gasteiger charge is -2.18. The molecular weight excluding hydrogens is 1850 g/mol. The molecule has 4 amide bonds. The molecule has 30 nitrogen and oxygen atoms in total. The second kappa shape index (κ2) is 39.2. The molecule has 4 atom stereocenters. The molecule has 4 saturated heterocycles. The number of sulfonamides is 4. The minimum Gasteiger partial charge on any atom is -0.453 e. The van der Waals surface area contributed by atoms with Crippen LogP contribution >= 0.6 is 81.2 Å². The van der Waals surface area contributed by atoms with Crippen molar-refractivity contribution in [3.63, 3.8) is 0 Å². The highest BCUT2D eigenvalue weighted by molar-refractivity contribution is 7.90. The zero-order chi connectivity index (χ0) is 90.3. The molecule has 4 aliphatic heterocycles. The van der Waals surface area contributed by atoms with Crippen LogP contribution in [-0.4, -0.2) is 108 Å². The van der Waals surface area contributed by atoms with Crippen molar-refractivity contribution in [3.05, 3.63) is 300 Å². The van der Waals surface area contributed by atoms with Gasteiger partial charge in [-0.1, -0.05) is 99.9 Å². The molecule has 648 valence electrons. The van der Waals surface area contributed by atoms with Gasteiger partial charge in [-0.15, -0.1) is 0 Å². The first-order chi connectivity index (χ1) is 59.8. The van der Waals surface area contributed by atoms with E-state index in [-0.39, 0.29) is 125 Å². The molecule has 4 aliphatic rings. The van der Waals surface area contributed by atoms with Crippen molar-refractivity contribution in [2.24, 2.45) is 20.6 Å². The molecule has 0 aliphatic carbocycles. The van der Waals surface area contributed by atoms with Crippen LogP contribution in [0.5, 0.6) is 46.4 Å².